The average molecular weight is 216 g/mol. The van der Waals surface area contributed by atoms with Crippen molar-refractivity contribution >= 4 is 5.97 Å². The van der Waals surface area contributed by atoms with Crippen LogP contribution in [0.4, 0.5) is 0 Å². The maximum absolute atomic E-state index is 11.0. The fourth-order valence-corrected chi connectivity index (χ4v) is 2.19. The van der Waals surface area contributed by atoms with Gasteiger partial charge in [-0.1, -0.05) is 13.3 Å². The van der Waals surface area contributed by atoms with Crippen LogP contribution in [0.5, 0.6) is 0 Å². The maximum atomic E-state index is 11.0. The van der Waals surface area contributed by atoms with Crippen LogP contribution in [0, 0.1) is 5.92 Å². The van der Waals surface area contributed by atoms with E-state index in [4.69, 9.17) is 9.84 Å². The van der Waals surface area contributed by atoms with Crippen LogP contribution in [0.3, 0.4) is 0 Å². The summed E-state index contributed by atoms with van der Waals surface area (Å²) in [6.45, 7) is 4.45. The first-order valence-corrected chi connectivity index (χ1v) is 5.62. The highest BCUT2D eigenvalue weighted by atomic mass is 16.5. The number of carboxylic acid groups (broad SMARTS) is 1. The second kappa shape index (κ2) is 4.94. The third-order valence-electron chi connectivity index (χ3n) is 3.17. The quantitative estimate of drug-likeness (QED) is 0.704. The van der Waals surface area contributed by atoms with Gasteiger partial charge >= 0.3 is 5.97 Å². The van der Waals surface area contributed by atoms with Crippen molar-refractivity contribution in [3.05, 3.63) is 0 Å². The Hall–Kier alpha value is -0.610. The van der Waals surface area contributed by atoms with Gasteiger partial charge in [0.1, 0.15) is 0 Å². The van der Waals surface area contributed by atoms with Crippen molar-refractivity contribution in [1.29, 1.82) is 0 Å². The molecule has 1 unspecified atom stereocenters. The first kappa shape index (κ1) is 12.5. The zero-order valence-electron chi connectivity index (χ0n) is 9.40. The SMILES string of the molecule is CCCC(O)(C(=O)O)C1CC(OCC)C1. The van der Waals surface area contributed by atoms with E-state index >= 15 is 0 Å². The molecule has 0 heterocycles. The topological polar surface area (TPSA) is 66.8 Å². The molecule has 0 amide bonds. The number of aliphatic hydroxyl groups is 1. The van der Waals surface area contributed by atoms with Gasteiger partial charge in [-0.2, -0.15) is 0 Å². The summed E-state index contributed by atoms with van der Waals surface area (Å²) in [6, 6.07) is 0. The molecule has 0 bridgehead atoms. The molecule has 1 saturated carbocycles. The Balaban J connectivity index is 2.50. The van der Waals surface area contributed by atoms with Gasteiger partial charge in [0.25, 0.3) is 0 Å². The minimum Gasteiger partial charge on any atom is -0.479 e. The Morgan fingerprint density at radius 3 is 2.47 bits per heavy atom. The predicted molar refractivity (Wildman–Crippen MR) is 55.6 cm³/mol. The standard InChI is InChI=1S/C11H20O4/c1-3-5-11(14,10(12)13)8-6-9(7-8)15-4-2/h8-9,14H,3-7H2,1-2H3,(H,12,13). The van der Waals surface area contributed by atoms with Gasteiger partial charge in [0.2, 0.25) is 0 Å². The molecule has 0 aliphatic heterocycles. The fraction of sp³-hybridized carbons (Fsp3) is 0.909. The van der Waals surface area contributed by atoms with E-state index in [0.717, 1.165) is 0 Å². The Morgan fingerprint density at radius 1 is 1.47 bits per heavy atom. The van der Waals surface area contributed by atoms with Crippen molar-refractivity contribution in [2.24, 2.45) is 5.92 Å². The number of rotatable bonds is 6. The number of carbonyl (C=O) groups is 1. The molecule has 1 rings (SSSR count). The van der Waals surface area contributed by atoms with E-state index in [1.54, 1.807) is 0 Å². The lowest BCUT2D eigenvalue weighted by Gasteiger charge is -2.43. The lowest BCUT2D eigenvalue weighted by atomic mass is 9.69. The minimum absolute atomic E-state index is 0.141. The number of carboxylic acids is 1. The summed E-state index contributed by atoms with van der Waals surface area (Å²) in [4.78, 5) is 11.0. The third-order valence-corrected chi connectivity index (χ3v) is 3.17. The normalized spacial score (nSPS) is 29.3. The summed E-state index contributed by atoms with van der Waals surface area (Å²) in [5.41, 5.74) is -1.54. The van der Waals surface area contributed by atoms with Crippen LogP contribution in [-0.4, -0.2) is 34.5 Å². The van der Waals surface area contributed by atoms with Gasteiger partial charge in [-0.25, -0.2) is 4.79 Å². The Labute approximate surface area is 90.2 Å². The Kier molecular flexibility index (Phi) is 4.11. The molecule has 1 aliphatic rings. The molecule has 1 fully saturated rings. The molecule has 2 N–H and O–H groups in total. The molecule has 0 aromatic carbocycles. The Morgan fingerprint density at radius 2 is 2.07 bits per heavy atom. The Bertz CT molecular complexity index is 223. The van der Waals surface area contributed by atoms with Crippen LogP contribution in [0.1, 0.15) is 39.5 Å². The molecular weight excluding hydrogens is 196 g/mol. The monoisotopic (exact) mass is 216 g/mol. The van der Waals surface area contributed by atoms with Crippen LogP contribution >= 0.6 is 0 Å². The summed E-state index contributed by atoms with van der Waals surface area (Å²) in [5.74, 6) is -1.24. The number of aliphatic carboxylic acids is 1. The second-order valence-corrected chi connectivity index (χ2v) is 4.23. The summed E-state index contributed by atoms with van der Waals surface area (Å²) in [5, 5.41) is 19.1. The van der Waals surface area contributed by atoms with Crippen LogP contribution in [0.2, 0.25) is 0 Å². The minimum atomic E-state index is -1.54. The molecule has 15 heavy (non-hydrogen) atoms. The zero-order valence-corrected chi connectivity index (χ0v) is 9.40. The van der Waals surface area contributed by atoms with Gasteiger partial charge in [-0.15, -0.1) is 0 Å². The van der Waals surface area contributed by atoms with Crippen molar-refractivity contribution in [3.8, 4) is 0 Å². The molecule has 4 nitrogen and oxygen atoms in total. The van der Waals surface area contributed by atoms with Crippen LogP contribution < -0.4 is 0 Å². The maximum Gasteiger partial charge on any atom is 0.335 e. The van der Waals surface area contributed by atoms with E-state index in [0.29, 0.717) is 32.3 Å². The average Bonchev–Trinajstić information content (AvgIpc) is 2.10. The van der Waals surface area contributed by atoms with Crippen molar-refractivity contribution in [2.75, 3.05) is 6.61 Å². The highest BCUT2D eigenvalue weighted by Gasteiger charge is 2.49. The third kappa shape index (κ3) is 2.49. The van der Waals surface area contributed by atoms with E-state index in [1.807, 2.05) is 13.8 Å². The van der Waals surface area contributed by atoms with Crippen molar-refractivity contribution in [2.45, 2.75) is 51.2 Å². The van der Waals surface area contributed by atoms with E-state index in [-0.39, 0.29) is 12.0 Å². The molecular formula is C11H20O4. The fourth-order valence-electron chi connectivity index (χ4n) is 2.19. The van der Waals surface area contributed by atoms with Crippen molar-refractivity contribution in [3.63, 3.8) is 0 Å². The van der Waals surface area contributed by atoms with Crippen molar-refractivity contribution < 1.29 is 19.7 Å². The molecule has 1 aliphatic carbocycles. The van der Waals surface area contributed by atoms with E-state index in [9.17, 15) is 9.90 Å². The zero-order chi connectivity index (χ0) is 11.5. The molecule has 0 aromatic rings. The summed E-state index contributed by atoms with van der Waals surface area (Å²) < 4.78 is 5.36. The molecule has 0 radical (unpaired) electrons. The van der Waals surface area contributed by atoms with Gasteiger partial charge in [0.15, 0.2) is 5.60 Å². The number of ether oxygens (including phenoxy) is 1. The molecule has 0 aromatic heterocycles. The smallest absolute Gasteiger partial charge is 0.335 e. The van der Waals surface area contributed by atoms with Crippen LogP contribution in [0.15, 0.2) is 0 Å². The molecule has 88 valence electrons. The van der Waals surface area contributed by atoms with Gasteiger partial charge in [0, 0.05) is 12.5 Å². The van der Waals surface area contributed by atoms with E-state index in [1.165, 1.54) is 0 Å². The predicted octanol–water partition coefficient (Wildman–Crippen LogP) is 1.42. The largest absolute Gasteiger partial charge is 0.479 e. The van der Waals surface area contributed by atoms with Crippen LogP contribution in [-0.2, 0) is 9.53 Å². The van der Waals surface area contributed by atoms with Gasteiger partial charge in [-0.05, 0) is 26.2 Å². The van der Waals surface area contributed by atoms with Gasteiger partial charge in [-0.3, -0.25) is 0 Å². The van der Waals surface area contributed by atoms with Gasteiger partial charge in [0.05, 0.1) is 6.10 Å². The second-order valence-electron chi connectivity index (χ2n) is 4.23. The molecule has 1 atom stereocenters. The van der Waals surface area contributed by atoms with E-state index in [2.05, 4.69) is 0 Å². The lowest BCUT2D eigenvalue weighted by Crippen LogP contribution is -2.53. The van der Waals surface area contributed by atoms with Gasteiger partial charge < -0.3 is 14.9 Å². The van der Waals surface area contributed by atoms with E-state index < -0.39 is 11.6 Å². The summed E-state index contributed by atoms with van der Waals surface area (Å²) in [6.07, 6.45) is 2.47. The highest BCUT2D eigenvalue weighted by molar-refractivity contribution is 5.77. The first-order valence-electron chi connectivity index (χ1n) is 5.62. The highest BCUT2D eigenvalue weighted by Crippen LogP contribution is 2.40. The van der Waals surface area contributed by atoms with Crippen LogP contribution in [0.25, 0.3) is 0 Å². The number of hydrogen-bond donors (Lipinski definition) is 2. The molecule has 4 heteroatoms. The molecule has 0 saturated heterocycles. The summed E-state index contributed by atoms with van der Waals surface area (Å²) in [7, 11) is 0. The lowest BCUT2D eigenvalue weighted by molar-refractivity contribution is -0.179. The van der Waals surface area contributed by atoms with Crippen molar-refractivity contribution in [1.82, 2.24) is 0 Å². The first-order chi connectivity index (χ1) is 7.04. The summed E-state index contributed by atoms with van der Waals surface area (Å²) >= 11 is 0. The number of hydrogen-bond acceptors (Lipinski definition) is 3. The molecule has 0 spiro atoms.